The molecule has 0 fully saturated rings. The van der Waals surface area contributed by atoms with Crippen LogP contribution in [-0.2, 0) is 14.4 Å². The minimum Gasteiger partial charge on any atom is -0.480 e. The van der Waals surface area contributed by atoms with E-state index >= 15 is 0 Å². The highest BCUT2D eigenvalue weighted by atomic mass is 33.1. The molecule has 0 rings (SSSR count). The lowest BCUT2D eigenvalue weighted by Gasteiger charge is -2.13. The number of aliphatic carboxylic acids is 2. The summed E-state index contributed by atoms with van der Waals surface area (Å²) in [5, 5.41) is 19.9. The van der Waals surface area contributed by atoms with Gasteiger partial charge in [-0.25, -0.2) is 4.79 Å². The summed E-state index contributed by atoms with van der Waals surface area (Å²) in [7, 11) is 2.35. The molecular formula is C10H18N2O5S2. The normalized spacial score (nSPS) is 13.6. The first-order valence-corrected chi connectivity index (χ1v) is 8.12. The quantitative estimate of drug-likeness (QED) is 0.331. The van der Waals surface area contributed by atoms with Gasteiger partial charge in [0.15, 0.2) is 0 Å². The zero-order valence-electron chi connectivity index (χ0n) is 10.5. The third-order valence-corrected chi connectivity index (χ3v) is 4.44. The second kappa shape index (κ2) is 9.93. The molecule has 0 bridgehead atoms. The number of hydrogen-bond acceptors (Lipinski definition) is 6. The van der Waals surface area contributed by atoms with Crippen LogP contribution in [-0.4, -0.2) is 51.6 Å². The third-order valence-electron chi connectivity index (χ3n) is 1.99. The highest BCUT2D eigenvalue weighted by Gasteiger charge is 2.20. The fourth-order valence-electron chi connectivity index (χ4n) is 0.977. The van der Waals surface area contributed by atoms with Gasteiger partial charge in [0.1, 0.15) is 12.1 Å². The molecule has 0 aliphatic carbocycles. The average Bonchev–Trinajstić information content (AvgIpc) is 2.32. The molecule has 5 N–H and O–H groups in total. The van der Waals surface area contributed by atoms with Crippen LogP contribution < -0.4 is 11.1 Å². The molecule has 0 aromatic heterocycles. The molecule has 1 amide bonds. The van der Waals surface area contributed by atoms with Crippen LogP contribution >= 0.6 is 21.6 Å². The van der Waals surface area contributed by atoms with E-state index in [0.29, 0.717) is 6.42 Å². The minimum absolute atomic E-state index is 0.155. The molecule has 110 valence electrons. The Morgan fingerprint density at radius 1 is 1.16 bits per heavy atom. The first kappa shape index (κ1) is 18.1. The van der Waals surface area contributed by atoms with Crippen molar-refractivity contribution in [3.63, 3.8) is 0 Å². The highest BCUT2D eigenvalue weighted by molar-refractivity contribution is 8.76. The summed E-state index contributed by atoms with van der Waals surface area (Å²) >= 11 is 0. The van der Waals surface area contributed by atoms with E-state index in [2.05, 4.69) is 5.32 Å². The van der Waals surface area contributed by atoms with Crippen molar-refractivity contribution >= 4 is 39.4 Å². The summed E-state index contributed by atoms with van der Waals surface area (Å²) in [5.41, 5.74) is 5.29. The van der Waals surface area contributed by atoms with Crippen LogP contribution in [0.4, 0.5) is 0 Å². The minimum atomic E-state index is -1.11. The third kappa shape index (κ3) is 8.73. The number of carbonyl (C=O) groups is 3. The number of rotatable bonds is 10. The van der Waals surface area contributed by atoms with Gasteiger partial charge in [0, 0.05) is 17.9 Å². The van der Waals surface area contributed by atoms with Crippen molar-refractivity contribution in [1.29, 1.82) is 0 Å². The maximum Gasteiger partial charge on any atom is 0.327 e. The molecule has 0 spiro atoms. The van der Waals surface area contributed by atoms with E-state index in [1.165, 1.54) is 21.6 Å². The molecule has 0 aliphatic rings. The first-order valence-electron chi connectivity index (χ1n) is 5.63. The summed E-state index contributed by atoms with van der Waals surface area (Å²) in [6, 6.07) is -1.95. The number of carboxylic acid groups (broad SMARTS) is 2. The summed E-state index contributed by atoms with van der Waals surface area (Å²) in [6.07, 6.45) is 0.930. The van der Waals surface area contributed by atoms with Gasteiger partial charge < -0.3 is 21.3 Å². The number of carboxylic acids is 2. The number of carbonyl (C=O) groups excluding carboxylic acids is 1. The van der Waals surface area contributed by atoms with Gasteiger partial charge in [-0.1, -0.05) is 28.5 Å². The number of nitrogens with one attached hydrogen (secondary N) is 1. The van der Waals surface area contributed by atoms with Crippen molar-refractivity contribution in [2.24, 2.45) is 5.73 Å². The maximum absolute atomic E-state index is 11.3. The van der Waals surface area contributed by atoms with E-state index < -0.39 is 24.0 Å². The summed E-state index contributed by atoms with van der Waals surface area (Å²) in [5.74, 6) is -2.18. The van der Waals surface area contributed by atoms with E-state index in [9.17, 15) is 14.4 Å². The van der Waals surface area contributed by atoms with Crippen LogP contribution in [0.25, 0.3) is 0 Å². The smallest absolute Gasteiger partial charge is 0.327 e. The highest BCUT2D eigenvalue weighted by Crippen LogP contribution is 2.22. The largest absolute Gasteiger partial charge is 0.480 e. The Labute approximate surface area is 119 Å². The zero-order valence-corrected chi connectivity index (χ0v) is 12.1. The second-order valence-electron chi connectivity index (χ2n) is 3.72. The summed E-state index contributed by atoms with van der Waals surface area (Å²) in [4.78, 5) is 32.7. The SMILES string of the molecule is CCCC(=O)N[C@H](CSSC[C@@H](N)C(=O)O)C(=O)O. The van der Waals surface area contributed by atoms with E-state index in [0.717, 1.165) is 0 Å². The van der Waals surface area contributed by atoms with E-state index in [1.54, 1.807) is 0 Å². The Morgan fingerprint density at radius 3 is 2.21 bits per heavy atom. The predicted octanol–water partition coefficient (Wildman–Crippen LogP) is 0.149. The van der Waals surface area contributed by atoms with Crippen LogP contribution in [0.3, 0.4) is 0 Å². The fourth-order valence-corrected chi connectivity index (χ4v) is 3.25. The van der Waals surface area contributed by atoms with Crippen molar-refractivity contribution in [1.82, 2.24) is 5.32 Å². The van der Waals surface area contributed by atoms with Crippen LogP contribution in [0.1, 0.15) is 19.8 Å². The molecule has 0 aliphatic heterocycles. The lowest BCUT2D eigenvalue weighted by molar-refractivity contribution is -0.141. The molecule has 0 heterocycles. The Kier molecular flexibility index (Phi) is 9.44. The predicted molar refractivity (Wildman–Crippen MR) is 75.0 cm³/mol. The van der Waals surface area contributed by atoms with E-state index in [4.69, 9.17) is 15.9 Å². The summed E-state index contributed by atoms with van der Waals surface area (Å²) < 4.78 is 0. The van der Waals surface area contributed by atoms with Crippen molar-refractivity contribution in [3.8, 4) is 0 Å². The molecule has 0 aromatic carbocycles. The van der Waals surface area contributed by atoms with Gasteiger partial charge in [-0.2, -0.15) is 0 Å². The second-order valence-corrected chi connectivity index (χ2v) is 6.27. The molecule has 0 saturated carbocycles. The zero-order chi connectivity index (χ0) is 14.8. The summed E-state index contributed by atoms with van der Waals surface area (Å²) in [6.45, 7) is 1.83. The van der Waals surface area contributed by atoms with E-state index in [1.807, 2.05) is 6.92 Å². The Bertz CT molecular complexity index is 327. The molecular weight excluding hydrogens is 292 g/mol. The molecule has 0 radical (unpaired) electrons. The van der Waals surface area contributed by atoms with E-state index in [-0.39, 0.29) is 23.8 Å². The van der Waals surface area contributed by atoms with Gasteiger partial charge in [-0.3, -0.25) is 9.59 Å². The Hall–Kier alpha value is -0.930. The average molecular weight is 310 g/mol. The van der Waals surface area contributed by atoms with Crippen LogP contribution in [0.15, 0.2) is 0 Å². The van der Waals surface area contributed by atoms with Crippen LogP contribution in [0.5, 0.6) is 0 Å². The molecule has 2 atom stereocenters. The van der Waals surface area contributed by atoms with Gasteiger partial charge in [0.05, 0.1) is 0 Å². The van der Waals surface area contributed by atoms with Crippen molar-refractivity contribution in [2.75, 3.05) is 11.5 Å². The Balaban J connectivity index is 3.99. The lowest BCUT2D eigenvalue weighted by atomic mass is 10.3. The molecule has 0 unspecified atom stereocenters. The van der Waals surface area contributed by atoms with Gasteiger partial charge in [-0.05, 0) is 6.42 Å². The van der Waals surface area contributed by atoms with Gasteiger partial charge in [0.25, 0.3) is 0 Å². The maximum atomic E-state index is 11.3. The van der Waals surface area contributed by atoms with Crippen LogP contribution in [0.2, 0.25) is 0 Å². The molecule has 7 nitrogen and oxygen atoms in total. The molecule has 0 saturated heterocycles. The lowest BCUT2D eigenvalue weighted by Crippen LogP contribution is -2.42. The van der Waals surface area contributed by atoms with Gasteiger partial charge in [0.2, 0.25) is 5.91 Å². The number of hydrogen-bond donors (Lipinski definition) is 4. The monoisotopic (exact) mass is 310 g/mol. The van der Waals surface area contributed by atoms with Gasteiger partial charge >= 0.3 is 11.9 Å². The van der Waals surface area contributed by atoms with Crippen molar-refractivity contribution < 1.29 is 24.6 Å². The molecule has 9 heteroatoms. The van der Waals surface area contributed by atoms with Crippen LogP contribution in [0, 0.1) is 0 Å². The fraction of sp³-hybridized carbons (Fsp3) is 0.700. The number of amides is 1. The standard InChI is InChI=1S/C10H18N2O5S2/c1-2-3-8(13)12-7(10(16)17)5-19-18-4-6(11)9(14)15/h6-7H,2-5,11H2,1H3,(H,12,13)(H,14,15)(H,16,17)/t6-,7-/m1/s1. The van der Waals surface area contributed by atoms with Crippen molar-refractivity contribution in [3.05, 3.63) is 0 Å². The molecule has 19 heavy (non-hydrogen) atoms. The van der Waals surface area contributed by atoms with Crippen molar-refractivity contribution in [2.45, 2.75) is 31.8 Å². The van der Waals surface area contributed by atoms with Gasteiger partial charge in [-0.15, -0.1) is 0 Å². The first-order chi connectivity index (χ1) is 8.88. The Morgan fingerprint density at radius 2 is 1.74 bits per heavy atom. The number of nitrogens with two attached hydrogens (primary N) is 1. The molecule has 0 aromatic rings. The topological polar surface area (TPSA) is 130 Å².